The second-order valence-corrected chi connectivity index (χ2v) is 13.2. The average molecular weight is 693 g/mol. The Labute approximate surface area is 281 Å². The van der Waals surface area contributed by atoms with E-state index in [9.17, 15) is 50.4 Å². The van der Waals surface area contributed by atoms with Crippen LogP contribution in [0.5, 0.6) is 0 Å². The highest BCUT2D eigenvalue weighted by Gasteiger charge is 2.51. The third-order valence-electron chi connectivity index (χ3n) is 9.46. The van der Waals surface area contributed by atoms with Gasteiger partial charge in [0.1, 0.15) is 60.9 Å². The number of ether oxygens (including phenoxy) is 5. The Morgan fingerprint density at radius 2 is 1.23 bits per heavy atom. The molecule has 0 bridgehead atoms. The Balaban J connectivity index is 1.29. The topological polar surface area (TPSA) is 242 Å². The first-order chi connectivity index (χ1) is 22.9. The predicted molar refractivity (Wildman–Crippen MR) is 167 cm³/mol. The molecule has 0 aromatic heterocycles. The first-order valence-corrected chi connectivity index (χ1v) is 17.3. The molecule has 8 N–H and O–H groups in total. The van der Waals surface area contributed by atoms with Gasteiger partial charge in [-0.25, -0.2) is 4.79 Å². The van der Waals surface area contributed by atoms with Crippen molar-refractivity contribution in [2.75, 3.05) is 13.2 Å². The van der Waals surface area contributed by atoms with Gasteiger partial charge in [0.2, 0.25) is 0 Å². The van der Waals surface area contributed by atoms with Crippen LogP contribution in [-0.4, -0.2) is 140 Å². The zero-order valence-corrected chi connectivity index (χ0v) is 27.8. The zero-order chi connectivity index (χ0) is 35.4. The molecule has 3 fully saturated rings. The summed E-state index contributed by atoms with van der Waals surface area (Å²) in [6.45, 7) is 4.11. The molecule has 3 heterocycles. The van der Waals surface area contributed by atoms with Crippen molar-refractivity contribution in [1.29, 1.82) is 0 Å². The number of aliphatic carboxylic acids is 1. The summed E-state index contributed by atoms with van der Waals surface area (Å²) in [7, 11) is 0. The van der Waals surface area contributed by atoms with E-state index < -0.39 is 98.6 Å². The standard InChI is InChI=1S/C33H56O15/c1-18(14-12-10-8-6-4-3-5-7-9-11-13-15-20-23(30(41)42)19(2)31(43)45-20)44-33-29(27(39)25(37)22(17-35)47-33)48-32-28(40)26(38)24(36)21(16-34)46-32/h18,20-29,32-40H,2-17H2,1H3,(H,41,42)/t18-,20+,21-,22-,23+,24-,25-,26+,27+,28-,29-,32+,33-/m1/s1. The molecule has 278 valence electrons. The molecule has 3 aliphatic heterocycles. The fourth-order valence-corrected chi connectivity index (χ4v) is 6.48. The van der Waals surface area contributed by atoms with Gasteiger partial charge in [-0.3, -0.25) is 4.79 Å². The highest BCUT2D eigenvalue weighted by atomic mass is 16.8. The second kappa shape index (κ2) is 20.2. The van der Waals surface area contributed by atoms with Crippen molar-refractivity contribution in [1.82, 2.24) is 0 Å². The third kappa shape index (κ3) is 11.1. The lowest BCUT2D eigenvalue weighted by Crippen LogP contribution is -2.64. The lowest BCUT2D eigenvalue weighted by molar-refractivity contribution is -0.371. The minimum atomic E-state index is -1.73. The number of rotatable bonds is 21. The number of unbranched alkanes of at least 4 members (excludes halogenated alkanes) is 10. The highest BCUT2D eigenvalue weighted by Crippen LogP contribution is 2.32. The Kier molecular flexibility index (Phi) is 17.1. The normalized spacial score (nSPS) is 36.2. The molecule has 3 aliphatic rings. The van der Waals surface area contributed by atoms with Crippen LogP contribution in [0.1, 0.15) is 90.4 Å². The second-order valence-electron chi connectivity index (χ2n) is 13.2. The molecule has 0 saturated carbocycles. The summed E-state index contributed by atoms with van der Waals surface area (Å²) >= 11 is 0. The maximum atomic E-state index is 11.6. The van der Waals surface area contributed by atoms with Crippen LogP contribution in [0, 0.1) is 5.92 Å². The number of carboxylic acids is 1. The van der Waals surface area contributed by atoms with E-state index in [1.165, 1.54) is 0 Å². The summed E-state index contributed by atoms with van der Waals surface area (Å²) in [4.78, 5) is 23.0. The Morgan fingerprint density at radius 1 is 0.729 bits per heavy atom. The van der Waals surface area contributed by atoms with Crippen LogP contribution in [0.25, 0.3) is 0 Å². The molecular weight excluding hydrogens is 636 g/mol. The van der Waals surface area contributed by atoms with Crippen molar-refractivity contribution in [3.63, 3.8) is 0 Å². The number of hydrogen-bond acceptors (Lipinski definition) is 14. The van der Waals surface area contributed by atoms with Gasteiger partial charge in [0.05, 0.1) is 19.3 Å². The monoisotopic (exact) mass is 692 g/mol. The number of carbonyl (C=O) groups is 2. The molecule has 0 aromatic carbocycles. The molecule has 3 rings (SSSR count). The van der Waals surface area contributed by atoms with E-state index >= 15 is 0 Å². The maximum absolute atomic E-state index is 11.6. The van der Waals surface area contributed by atoms with Crippen LogP contribution in [0.15, 0.2) is 12.2 Å². The molecule has 3 saturated heterocycles. The molecule has 0 aromatic rings. The third-order valence-corrected chi connectivity index (χ3v) is 9.46. The van der Waals surface area contributed by atoms with E-state index in [0.29, 0.717) is 12.8 Å². The molecule has 13 atom stereocenters. The van der Waals surface area contributed by atoms with E-state index in [1.54, 1.807) is 0 Å². The number of cyclic esters (lactones) is 1. The molecular formula is C33H56O15. The molecule has 48 heavy (non-hydrogen) atoms. The Bertz CT molecular complexity index is 994. The number of aliphatic hydroxyl groups excluding tert-OH is 7. The van der Waals surface area contributed by atoms with Gasteiger partial charge < -0.3 is 64.5 Å². The summed E-state index contributed by atoms with van der Waals surface area (Å²) in [6, 6.07) is 0. The maximum Gasteiger partial charge on any atom is 0.334 e. The van der Waals surface area contributed by atoms with Gasteiger partial charge in [0.25, 0.3) is 0 Å². The SMILES string of the molecule is C=C1C(=O)O[C@@H](CCCCCCCCCCCCC[C@@H](C)O[C@@H]2O[C@H](CO)[C@@H](O)[C@H](O)[C@H]2O[C@@H]2O[C@H](CO)[C@@H](O)[C@H](O)[C@H]2O)[C@H]1C(=O)O. The molecule has 15 heteroatoms. The summed E-state index contributed by atoms with van der Waals surface area (Å²) < 4.78 is 27.9. The molecule has 0 unspecified atom stereocenters. The van der Waals surface area contributed by atoms with Crippen molar-refractivity contribution in [3.8, 4) is 0 Å². The fraction of sp³-hybridized carbons (Fsp3) is 0.879. The number of esters is 1. The van der Waals surface area contributed by atoms with Crippen LogP contribution in [-0.2, 0) is 33.3 Å². The summed E-state index contributed by atoms with van der Waals surface area (Å²) in [5.41, 5.74) is 0.0277. The fourth-order valence-electron chi connectivity index (χ4n) is 6.48. The van der Waals surface area contributed by atoms with Crippen molar-refractivity contribution < 1.29 is 74.1 Å². The van der Waals surface area contributed by atoms with E-state index in [2.05, 4.69) is 6.58 Å². The van der Waals surface area contributed by atoms with Gasteiger partial charge in [0.15, 0.2) is 12.6 Å². The summed E-state index contributed by atoms with van der Waals surface area (Å²) in [5, 5.41) is 80.1. The lowest BCUT2D eigenvalue weighted by atomic mass is 9.93. The molecule has 15 nitrogen and oxygen atoms in total. The largest absolute Gasteiger partial charge is 0.481 e. The number of hydrogen-bond donors (Lipinski definition) is 8. The first-order valence-electron chi connectivity index (χ1n) is 17.3. The zero-order valence-electron chi connectivity index (χ0n) is 27.8. The van der Waals surface area contributed by atoms with Crippen LogP contribution in [0.3, 0.4) is 0 Å². The van der Waals surface area contributed by atoms with Crippen LogP contribution in [0.2, 0.25) is 0 Å². The Morgan fingerprint density at radius 3 is 1.77 bits per heavy atom. The minimum absolute atomic E-state index is 0.0277. The number of carbonyl (C=O) groups excluding carboxylic acids is 1. The average Bonchev–Trinajstić information content (AvgIpc) is 3.35. The number of carboxylic acid groups (broad SMARTS) is 1. The van der Waals surface area contributed by atoms with Crippen molar-refractivity contribution in [2.45, 2.75) is 164 Å². The van der Waals surface area contributed by atoms with E-state index in [0.717, 1.165) is 70.6 Å². The first kappa shape index (κ1) is 40.7. The van der Waals surface area contributed by atoms with Crippen LogP contribution < -0.4 is 0 Å². The molecule has 0 amide bonds. The van der Waals surface area contributed by atoms with Crippen molar-refractivity contribution in [2.24, 2.45) is 5.92 Å². The number of aliphatic hydroxyl groups is 7. The summed E-state index contributed by atoms with van der Waals surface area (Å²) in [5.74, 6) is -2.62. The van der Waals surface area contributed by atoms with Gasteiger partial charge in [-0.1, -0.05) is 70.8 Å². The van der Waals surface area contributed by atoms with Gasteiger partial charge in [0, 0.05) is 5.57 Å². The lowest BCUT2D eigenvalue weighted by Gasteiger charge is -2.46. The van der Waals surface area contributed by atoms with E-state index in [1.807, 2.05) is 6.92 Å². The molecule has 0 aliphatic carbocycles. The quantitative estimate of drug-likeness (QED) is 0.0457. The van der Waals surface area contributed by atoms with Crippen LogP contribution >= 0.6 is 0 Å². The van der Waals surface area contributed by atoms with E-state index in [4.69, 9.17) is 23.7 Å². The Hall–Kier alpha value is -1.76. The van der Waals surface area contributed by atoms with Gasteiger partial charge in [-0.05, 0) is 26.2 Å². The van der Waals surface area contributed by atoms with Crippen molar-refractivity contribution >= 4 is 11.9 Å². The van der Waals surface area contributed by atoms with E-state index in [-0.39, 0.29) is 11.7 Å². The molecule has 0 spiro atoms. The smallest absolute Gasteiger partial charge is 0.334 e. The predicted octanol–water partition coefficient (Wildman–Crippen LogP) is 0.269. The van der Waals surface area contributed by atoms with Gasteiger partial charge in [-0.2, -0.15) is 0 Å². The van der Waals surface area contributed by atoms with Gasteiger partial charge >= 0.3 is 11.9 Å². The minimum Gasteiger partial charge on any atom is -0.481 e. The summed E-state index contributed by atoms with van der Waals surface area (Å²) in [6.07, 6.45) is -3.24. The molecule has 0 radical (unpaired) electrons. The highest BCUT2D eigenvalue weighted by molar-refractivity contribution is 5.97. The van der Waals surface area contributed by atoms with Gasteiger partial charge in [-0.15, -0.1) is 0 Å². The van der Waals surface area contributed by atoms with Crippen LogP contribution in [0.4, 0.5) is 0 Å². The van der Waals surface area contributed by atoms with Crippen molar-refractivity contribution in [3.05, 3.63) is 12.2 Å².